The lowest BCUT2D eigenvalue weighted by Gasteiger charge is -2.09. The Kier molecular flexibility index (Phi) is 4.98. The van der Waals surface area contributed by atoms with E-state index in [-0.39, 0.29) is 17.9 Å². The second-order valence-electron chi connectivity index (χ2n) is 6.46. The van der Waals surface area contributed by atoms with E-state index in [1.54, 1.807) is 49.9 Å². The van der Waals surface area contributed by atoms with E-state index in [4.69, 9.17) is 0 Å². The van der Waals surface area contributed by atoms with Gasteiger partial charge in [0.2, 0.25) is 5.91 Å². The van der Waals surface area contributed by atoms with Crippen molar-refractivity contribution in [2.75, 3.05) is 5.32 Å². The van der Waals surface area contributed by atoms with Crippen LogP contribution in [0.15, 0.2) is 66.0 Å². The number of carbonyl (C=O) groups is 1. The minimum Gasteiger partial charge on any atom is -0.345 e. The Balaban J connectivity index is 1.48. The van der Waals surface area contributed by atoms with Crippen molar-refractivity contribution < 1.29 is 4.79 Å². The summed E-state index contributed by atoms with van der Waals surface area (Å²) in [4.78, 5) is 43.3. The average Bonchev–Trinajstić information content (AvgIpc) is 3.27. The van der Waals surface area contributed by atoms with Crippen LogP contribution in [0.2, 0.25) is 0 Å². The van der Waals surface area contributed by atoms with Gasteiger partial charge in [-0.2, -0.15) is 0 Å². The number of benzene rings is 1. The van der Waals surface area contributed by atoms with Gasteiger partial charge in [0.05, 0.1) is 6.42 Å². The first-order valence-corrected chi connectivity index (χ1v) is 9.00. The zero-order valence-corrected chi connectivity index (χ0v) is 15.6. The van der Waals surface area contributed by atoms with E-state index in [0.717, 1.165) is 11.4 Å². The van der Waals surface area contributed by atoms with E-state index in [1.165, 1.54) is 0 Å². The molecule has 3 N–H and O–H groups in total. The van der Waals surface area contributed by atoms with Crippen LogP contribution in [-0.4, -0.2) is 30.8 Å². The van der Waals surface area contributed by atoms with Crippen molar-refractivity contribution in [3.05, 3.63) is 82.8 Å². The number of H-pyrrole nitrogens is 2. The number of aromatic nitrogens is 5. The van der Waals surface area contributed by atoms with Gasteiger partial charge in [0.15, 0.2) is 0 Å². The molecule has 0 unspecified atom stereocenters. The molecule has 0 saturated carbocycles. The first-order chi connectivity index (χ1) is 14.1. The zero-order chi connectivity index (χ0) is 20.2. The molecule has 0 aliphatic heterocycles. The van der Waals surface area contributed by atoms with Crippen LogP contribution in [0, 0.1) is 6.92 Å². The predicted octanol–water partition coefficient (Wildman–Crippen LogP) is 2.71. The molecule has 29 heavy (non-hydrogen) atoms. The maximum Gasteiger partial charge on any atom is 0.255 e. The number of hydrogen-bond acceptors (Lipinski definition) is 5. The summed E-state index contributed by atoms with van der Waals surface area (Å²) in [7, 11) is 0. The summed E-state index contributed by atoms with van der Waals surface area (Å²) in [5, 5.41) is 2.80. The Morgan fingerprint density at radius 1 is 1.07 bits per heavy atom. The molecule has 8 heteroatoms. The van der Waals surface area contributed by atoms with Gasteiger partial charge in [-0.25, -0.2) is 9.97 Å². The van der Waals surface area contributed by atoms with Crippen LogP contribution < -0.4 is 10.9 Å². The molecule has 8 nitrogen and oxygen atoms in total. The van der Waals surface area contributed by atoms with Gasteiger partial charge in [0.25, 0.3) is 5.56 Å². The molecular weight excluding hydrogens is 368 g/mol. The third-order valence-corrected chi connectivity index (χ3v) is 4.43. The molecule has 144 valence electrons. The molecule has 0 spiro atoms. The zero-order valence-electron chi connectivity index (χ0n) is 15.6. The molecule has 0 aliphatic rings. The predicted molar refractivity (Wildman–Crippen MR) is 109 cm³/mol. The number of pyridine rings is 1. The standard InChI is InChI=1S/C21H18N6O2/c1-13-17(21(29)27-20(25-13)15-3-2-8-22-12-15)11-18(28)26-16-6-4-14(5-7-16)19-23-9-10-24-19/h2-10,12H,11H2,1H3,(H,23,24)(H,26,28)(H,25,27,29). The molecule has 3 aromatic heterocycles. The Morgan fingerprint density at radius 3 is 2.55 bits per heavy atom. The van der Waals surface area contributed by atoms with Crippen LogP contribution in [-0.2, 0) is 11.2 Å². The maximum atomic E-state index is 12.5. The first-order valence-electron chi connectivity index (χ1n) is 9.00. The number of rotatable bonds is 5. The van der Waals surface area contributed by atoms with Crippen molar-refractivity contribution in [1.29, 1.82) is 0 Å². The van der Waals surface area contributed by atoms with Crippen molar-refractivity contribution in [3.63, 3.8) is 0 Å². The van der Waals surface area contributed by atoms with Gasteiger partial charge in [-0.3, -0.25) is 14.6 Å². The van der Waals surface area contributed by atoms with Gasteiger partial charge in [-0.05, 0) is 43.3 Å². The molecule has 0 saturated heterocycles. The summed E-state index contributed by atoms with van der Waals surface area (Å²) in [5.41, 5.74) is 2.77. The number of amides is 1. The Labute approximate surface area is 166 Å². The Bertz CT molecular complexity index is 1180. The normalized spacial score (nSPS) is 10.7. The third kappa shape index (κ3) is 4.11. The molecule has 0 radical (unpaired) electrons. The number of anilines is 1. The minimum atomic E-state index is -0.334. The number of aryl methyl sites for hydroxylation is 1. The van der Waals surface area contributed by atoms with Gasteiger partial charge in [0.1, 0.15) is 11.6 Å². The number of nitrogens with zero attached hydrogens (tertiary/aromatic N) is 3. The smallest absolute Gasteiger partial charge is 0.255 e. The van der Waals surface area contributed by atoms with E-state index in [0.29, 0.717) is 28.3 Å². The molecule has 0 aliphatic carbocycles. The molecule has 3 heterocycles. The summed E-state index contributed by atoms with van der Waals surface area (Å²) in [6, 6.07) is 10.9. The molecule has 0 bridgehead atoms. The fourth-order valence-electron chi connectivity index (χ4n) is 2.96. The summed E-state index contributed by atoms with van der Waals surface area (Å²) in [5.74, 6) is 0.892. The highest BCUT2D eigenvalue weighted by Crippen LogP contribution is 2.18. The third-order valence-electron chi connectivity index (χ3n) is 4.43. The van der Waals surface area contributed by atoms with E-state index in [1.807, 2.05) is 18.2 Å². The van der Waals surface area contributed by atoms with Crippen molar-refractivity contribution in [3.8, 4) is 22.8 Å². The van der Waals surface area contributed by atoms with Gasteiger partial charge in [0, 0.05) is 52.9 Å². The highest BCUT2D eigenvalue weighted by molar-refractivity contribution is 5.92. The summed E-state index contributed by atoms with van der Waals surface area (Å²) >= 11 is 0. The maximum absolute atomic E-state index is 12.5. The van der Waals surface area contributed by atoms with Gasteiger partial charge in [-0.1, -0.05) is 0 Å². The number of aromatic amines is 2. The quantitative estimate of drug-likeness (QED) is 0.488. The van der Waals surface area contributed by atoms with Crippen molar-refractivity contribution >= 4 is 11.6 Å². The van der Waals surface area contributed by atoms with E-state index < -0.39 is 0 Å². The highest BCUT2D eigenvalue weighted by atomic mass is 16.2. The lowest BCUT2D eigenvalue weighted by molar-refractivity contribution is -0.115. The minimum absolute atomic E-state index is 0.0680. The monoisotopic (exact) mass is 386 g/mol. The van der Waals surface area contributed by atoms with Crippen LogP contribution >= 0.6 is 0 Å². The molecular formula is C21H18N6O2. The summed E-state index contributed by atoms with van der Waals surface area (Å²) < 4.78 is 0. The fourth-order valence-corrected chi connectivity index (χ4v) is 2.96. The van der Waals surface area contributed by atoms with E-state index in [2.05, 4.69) is 30.2 Å². The average molecular weight is 386 g/mol. The molecule has 4 rings (SSSR count). The van der Waals surface area contributed by atoms with Crippen LogP contribution in [0.4, 0.5) is 5.69 Å². The highest BCUT2D eigenvalue weighted by Gasteiger charge is 2.14. The number of imidazole rings is 1. The lowest BCUT2D eigenvalue weighted by atomic mass is 10.1. The van der Waals surface area contributed by atoms with Crippen molar-refractivity contribution in [1.82, 2.24) is 24.9 Å². The Morgan fingerprint density at radius 2 is 1.90 bits per heavy atom. The SMILES string of the molecule is Cc1nc(-c2cccnc2)[nH]c(=O)c1CC(=O)Nc1ccc(-c2ncc[nH]2)cc1. The van der Waals surface area contributed by atoms with Gasteiger partial charge >= 0.3 is 0 Å². The second kappa shape index (κ2) is 7.89. The van der Waals surface area contributed by atoms with Crippen molar-refractivity contribution in [2.24, 2.45) is 0 Å². The number of carbonyl (C=O) groups excluding carboxylic acids is 1. The Hall–Kier alpha value is -4.07. The largest absolute Gasteiger partial charge is 0.345 e. The van der Waals surface area contributed by atoms with Crippen LogP contribution in [0.3, 0.4) is 0 Å². The summed E-state index contributed by atoms with van der Waals surface area (Å²) in [6.07, 6.45) is 6.63. The fraction of sp³-hybridized carbons (Fsp3) is 0.0952. The number of hydrogen-bond donors (Lipinski definition) is 3. The summed E-state index contributed by atoms with van der Waals surface area (Å²) in [6.45, 7) is 1.72. The molecule has 1 aromatic carbocycles. The second-order valence-corrected chi connectivity index (χ2v) is 6.46. The van der Waals surface area contributed by atoms with Crippen molar-refractivity contribution in [2.45, 2.75) is 13.3 Å². The first kappa shape index (κ1) is 18.3. The van der Waals surface area contributed by atoms with Crippen LogP contribution in [0.25, 0.3) is 22.8 Å². The molecule has 1 amide bonds. The number of nitrogens with one attached hydrogen (secondary N) is 3. The van der Waals surface area contributed by atoms with Crippen LogP contribution in [0.5, 0.6) is 0 Å². The van der Waals surface area contributed by atoms with Gasteiger partial charge < -0.3 is 15.3 Å². The topological polar surface area (TPSA) is 116 Å². The van der Waals surface area contributed by atoms with Crippen LogP contribution in [0.1, 0.15) is 11.3 Å². The van der Waals surface area contributed by atoms with E-state index >= 15 is 0 Å². The molecule has 0 fully saturated rings. The van der Waals surface area contributed by atoms with E-state index in [9.17, 15) is 9.59 Å². The lowest BCUT2D eigenvalue weighted by Crippen LogP contribution is -2.23. The van der Waals surface area contributed by atoms with Gasteiger partial charge in [-0.15, -0.1) is 0 Å². The molecule has 4 aromatic rings. The molecule has 0 atom stereocenters.